The predicted molar refractivity (Wildman–Crippen MR) is 127 cm³/mol. The van der Waals surface area contributed by atoms with Crippen LogP contribution in [0.3, 0.4) is 0 Å². The average molecular weight is 457 g/mol. The molecule has 5 nitrogen and oxygen atoms in total. The summed E-state index contributed by atoms with van der Waals surface area (Å²) in [6.07, 6.45) is 1.25. The van der Waals surface area contributed by atoms with Crippen LogP contribution in [0.1, 0.15) is 22.3 Å². The molecule has 2 amide bonds. The van der Waals surface area contributed by atoms with Gasteiger partial charge in [-0.2, -0.15) is 0 Å². The molecule has 3 aromatic rings. The summed E-state index contributed by atoms with van der Waals surface area (Å²) in [5.74, 6) is -0.392. The van der Waals surface area contributed by atoms with Crippen molar-refractivity contribution in [1.82, 2.24) is 9.80 Å². The Kier molecular flexibility index (Phi) is 5.88. The van der Waals surface area contributed by atoms with Crippen LogP contribution in [-0.4, -0.2) is 41.8 Å². The topological polar surface area (TPSA) is 49.9 Å². The molecule has 172 valence electrons. The van der Waals surface area contributed by atoms with E-state index in [1.807, 2.05) is 35.2 Å². The molecule has 2 aliphatic heterocycles. The van der Waals surface area contributed by atoms with Gasteiger partial charge in [0.15, 0.2) is 0 Å². The number of carbonyl (C=O) groups is 2. The standard InChI is InChI=1S/C28H25FN2O3/c1-34-24-9-5-4-8-23(24)25-26(30-16-15-20-6-2-3-7-21(20)18-30)28(33)31(27(25)32)17-14-19-10-12-22(29)13-11-19/h2-13H,14-18H2,1H3. The van der Waals surface area contributed by atoms with E-state index in [2.05, 4.69) is 12.1 Å². The highest BCUT2D eigenvalue weighted by molar-refractivity contribution is 6.36. The quantitative estimate of drug-likeness (QED) is 0.522. The Morgan fingerprint density at radius 3 is 2.35 bits per heavy atom. The number of carbonyl (C=O) groups excluding carboxylic acids is 2. The van der Waals surface area contributed by atoms with E-state index in [0.717, 1.165) is 17.5 Å². The zero-order valence-electron chi connectivity index (χ0n) is 19.0. The van der Waals surface area contributed by atoms with E-state index in [1.54, 1.807) is 25.3 Å². The van der Waals surface area contributed by atoms with Crippen LogP contribution in [0.5, 0.6) is 5.75 Å². The molecule has 0 saturated carbocycles. The highest BCUT2D eigenvalue weighted by atomic mass is 19.1. The third-order valence-electron chi connectivity index (χ3n) is 6.50. The Bertz CT molecular complexity index is 1280. The summed E-state index contributed by atoms with van der Waals surface area (Å²) >= 11 is 0. The van der Waals surface area contributed by atoms with E-state index >= 15 is 0 Å². The Labute approximate surface area is 198 Å². The van der Waals surface area contributed by atoms with Crippen LogP contribution in [0.2, 0.25) is 0 Å². The lowest BCUT2D eigenvalue weighted by Gasteiger charge is -2.31. The SMILES string of the molecule is COc1ccccc1C1=C(N2CCc3ccccc3C2)C(=O)N(CCc2ccc(F)cc2)C1=O. The molecule has 2 heterocycles. The second-order valence-corrected chi connectivity index (χ2v) is 8.50. The molecule has 6 heteroatoms. The van der Waals surface area contributed by atoms with E-state index in [4.69, 9.17) is 4.74 Å². The van der Waals surface area contributed by atoms with Gasteiger partial charge in [0.05, 0.1) is 12.7 Å². The molecule has 0 radical (unpaired) electrons. The molecule has 3 aromatic carbocycles. The predicted octanol–water partition coefficient (Wildman–Crippen LogP) is 4.22. The minimum Gasteiger partial charge on any atom is -0.496 e. The molecule has 0 bridgehead atoms. The summed E-state index contributed by atoms with van der Waals surface area (Å²) in [4.78, 5) is 30.7. The molecule has 5 rings (SSSR count). The third-order valence-corrected chi connectivity index (χ3v) is 6.50. The summed E-state index contributed by atoms with van der Waals surface area (Å²) in [6, 6.07) is 21.6. The number of nitrogens with zero attached hydrogens (tertiary/aromatic N) is 2. The maximum atomic E-state index is 13.7. The fraction of sp³-hybridized carbons (Fsp3) is 0.214. The van der Waals surface area contributed by atoms with Gasteiger partial charge in [-0.15, -0.1) is 0 Å². The van der Waals surface area contributed by atoms with Crippen molar-refractivity contribution in [2.24, 2.45) is 0 Å². The van der Waals surface area contributed by atoms with Gasteiger partial charge in [0.25, 0.3) is 11.8 Å². The monoisotopic (exact) mass is 456 g/mol. The van der Waals surface area contributed by atoms with Crippen LogP contribution in [0, 0.1) is 5.82 Å². The molecule has 0 fully saturated rings. The number of fused-ring (bicyclic) bond motifs is 1. The molecule has 0 N–H and O–H groups in total. The molecular weight excluding hydrogens is 431 g/mol. The Hall–Kier alpha value is -3.93. The number of imide groups is 1. The minimum absolute atomic E-state index is 0.218. The van der Waals surface area contributed by atoms with Gasteiger partial charge in [0.2, 0.25) is 0 Å². The number of hydrogen-bond donors (Lipinski definition) is 0. The summed E-state index contributed by atoms with van der Waals surface area (Å²) < 4.78 is 18.8. The first-order valence-electron chi connectivity index (χ1n) is 11.4. The van der Waals surface area contributed by atoms with Crippen LogP contribution < -0.4 is 4.74 Å². The highest BCUT2D eigenvalue weighted by Gasteiger charge is 2.42. The van der Waals surface area contributed by atoms with Gasteiger partial charge < -0.3 is 9.64 Å². The maximum Gasteiger partial charge on any atom is 0.277 e. The van der Waals surface area contributed by atoms with Crippen molar-refractivity contribution in [2.75, 3.05) is 20.2 Å². The van der Waals surface area contributed by atoms with Crippen molar-refractivity contribution in [1.29, 1.82) is 0 Å². The molecule has 2 aliphatic rings. The lowest BCUT2D eigenvalue weighted by Crippen LogP contribution is -2.38. The Morgan fingerprint density at radius 1 is 0.882 bits per heavy atom. The number of amides is 2. The molecule has 34 heavy (non-hydrogen) atoms. The summed E-state index contributed by atoms with van der Waals surface area (Å²) in [6.45, 7) is 1.43. The highest BCUT2D eigenvalue weighted by Crippen LogP contribution is 2.37. The van der Waals surface area contributed by atoms with Crippen molar-refractivity contribution in [2.45, 2.75) is 19.4 Å². The van der Waals surface area contributed by atoms with Gasteiger partial charge in [-0.3, -0.25) is 14.5 Å². The van der Waals surface area contributed by atoms with Crippen LogP contribution >= 0.6 is 0 Å². The number of para-hydroxylation sites is 1. The van der Waals surface area contributed by atoms with Gasteiger partial charge in [-0.25, -0.2) is 4.39 Å². The average Bonchev–Trinajstić information content (AvgIpc) is 3.12. The molecule has 0 saturated heterocycles. The Morgan fingerprint density at radius 2 is 1.59 bits per heavy atom. The maximum absolute atomic E-state index is 13.7. The lowest BCUT2D eigenvalue weighted by molar-refractivity contribution is -0.137. The third kappa shape index (κ3) is 3.96. The zero-order valence-corrected chi connectivity index (χ0v) is 19.0. The number of rotatable bonds is 6. The van der Waals surface area contributed by atoms with Gasteiger partial charge in [0, 0.05) is 25.2 Å². The second-order valence-electron chi connectivity index (χ2n) is 8.50. The minimum atomic E-state index is -0.328. The molecule has 0 unspecified atom stereocenters. The molecule has 0 atom stereocenters. The Balaban J connectivity index is 1.51. The van der Waals surface area contributed by atoms with Crippen molar-refractivity contribution >= 4 is 17.4 Å². The summed E-state index contributed by atoms with van der Waals surface area (Å²) in [5.41, 5.74) is 4.69. The first kappa shape index (κ1) is 21.9. The van der Waals surface area contributed by atoms with Crippen LogP contribution in [0.4, 0.5) is 4.39 Å². The van der Waals surface area contributed by atoms with Crippen LogP contribution in [0.15, 0.2) is 78.5 Å². The van der Waals surface area contributed by atoms with E-state index in [9.17, 15) is 14.0 Å². The van der Waals surface area contributed by atoms with E-state index in [0.29, 0.717) is 42.1 Å². The summed E-state index contributed by atoms with van der Waals surface area (Å²) in [7, 11) is 1.56. The fourth-order valence-corrected chi connectivity index (χ4v) is 4.73. The molecule has 0 spiro atoms. The van der Waals surface area contributed by atoms with Crippen molar-refractivity contribution in [3.05, 3.63) is 107 Å². The van der Waals surface area contributed by atoms with Gasteiger partial charge in [-0.05, 0) is 47.7 Å². The summed E-state index contributed by atoms with van der Waals surface area (Å²) in [5, 5.41) is 0. The molecule has 0 aromatic heterocycles. The van der Waals surface area contributed by atoms with Crippen molar-refractivity contribution < 1.29 is 18.7 Å². The van der Waals surface area contributed by atoms with Crippen LogP contribution in [0.25, 0.3) is 5.57 Å². The van der Waals surface area contributed by atoms with Gasteiger partial charge >= 0.3 is 0 Å². The molecular formula is C28H25FN2O3. The first-order chi connectivity index (χ1) is 16.6. The fourth-order valence-electron chi connectivity index (χ4n) is 4.73. The largest absolute Gasteiger partial charge is 0.496 e. The second kappa shape index (κ2) is 9.14. The molecule has 0 aliphatic carbocycles. The number of methoxy groups -OCH3 is 1. The lowest BCUT2D eigenvalue weighted by atomic mass is 9.97. The normalized spacial score (nSPS) is 15.7. The van der Waals surface area contributed by atoms with Gasteiger partial charge in [-0.1, -0.05) is 54.6 Å². The first-order valence-corrected chi connectivity index (χ1v) is 11.4. The van der Waals surface area contributed by atoms with E-state index < -0.39 is 0 Å². The number of halogens is 1. The van der Waals surface area contributed by atoms with E-state index in [-0.39, 0.29) is 24.2 Å². The number of hydrogen-bond acceptors (Lipinski definition) is 4. The smallest absolute Gasteiger partial charge is 0.277 e. The zero-order chi connectivity index (χ0) is 23.7. The van der Waals surface area contributed by atoms with Crippen molar-refractivity contribution in [3.8, 4) is 5.75 Å². The van der Waals surface area contributed by atoms with Crippen LogP contribution in [-0.2, 0) is 29.0 Å². The van der Waals surface area contributed by atoms with Gasteiger partial charge in [0.1, 0.15) is 17.3 Å². The van der Waals surface area contributed by atoms with E-state index in [1.165, 1.54) is 22.6 Å². The van der Waals surface area contributed by atoms with Crippen molar-refractivity contribution in [3.63, 3.8) is 0 Å². The number of benzene rings is 3. The number of ether oxygens (including phenoxy) is 1.